The molecule has 9 heteroatoms. The number of rotatable bonds is 4. The predicted molar refractivity (Wildman–Crippen MR) is 100.0 cm³/mol. The maximum Gasteiger partial charge on any atom is 0.236 e. The fourth-order valence-electron chi connectivity index (χ4n) is 3.35. The van der Waals surface area contributed by atoms with E-state index in [1.807, 2.05) is 30.5 Å². The van der Waals surface area contributed by atoms with E-state index in [0.29, 0.717) is 18.1 Å². The van der Waals surface area contributed by atoms with Gasteiger partial charge in [0.1, 0.15) is 18.4 Å². The lowest BCUT2D eigenvalue weighted by molar-refractivity contribution is -0.131. The zero-order valence-corrected chi connectivity index (χ0v) is 15.0. The highest BCUT2D eigenvalue weighted by Crippen LogP contribution is 2.24. The Morgan fingerprint density at radius 2 is 2.25 bits per heavy atom. The molecule has 28 heavy (non-hydrogen) atoms. The van der Waals surface area contributed by atoms with Crippen LogP contribution in [0.1, 0.15) is 12.8 Å². The average Bonchev–Trinajstić information content (AvgIpc) is 3.14. The Morgan fingerprint density at radius 3 is 3.11 bits per heavy atom. The Bertz CT molecular complexity index is 1040. The van der Waals surface area contributed by atoms with E-state index in [4.69, 9.17) is 5.26 Å². The quantitative estimate of drug-likeness (QED) is 0.745. The van der Waals surface area contributed by atoms with E-state index in [0.717, 1.165) is 11.1 Å². The van der Waals surface area contributed by atoms with Crippen LogP contribution in [0.3, 0.4) is 0 Å². The molecule has 1 amide bonds. The standard InChI is InChI=1S/C19H18FN7O/c20-14-5-8-26(19(28)4-6-21)12-16(14)25-18-11-22-10-15(24-18)13-9-23-27-7-2-1-3-17(13)27/h1-3,7,9-11,14,16H,4-5,8,12H2,(H,24,25). The van der Waals surface area contributed by atoms with E-state index in [1.165, 1.54) is 11.1 Å². The number of carbonyl (C=O) groups is 1. The number of alkyl halides is 1. The van der Waals surface area contributed by atoms with Crippen LogP contribution in [0.15, 0.2) is 43.0 Å². The Hall–Kier alpha value is -3.54. The lowest BCUT2D eigenvalue weighted by Gasteiger charge is -2.35. The summed E-state index contributed by atoms with van der Waals surface area (Å²) < 4.78 is 16.2. The number of amides is 1. The number of fused-ring (bicyclic) bond motifs is 1. The van der Waals surface area contributed by atoms with Crippen LogP contribution in [0, 0.1) is 11.3 Å². The number of likely N-dealkylation sites (tertiary alicyclic amines) is 1. The third-order valence-electron chi connectivity index (χ3n) is 4.78. The molecule has 0 bridgehead atoms. The number of nitrogens with zero attached hydrogens (tertiary/aromatic N) is 6. The predicted octanol–water partition coefficient (Wildman–Crippen LogP) is 2.06. The minimum Gasteiger partial charge on any atom is -0.361 e. The van der Waals surface area contributed by atoms with Crippen molar-refractivity contribution < 1.29 is 9.18 Å². The van der Waals surface area contributed by atoms with Crippen molar-refractivity contribution in [2.45, 2.75) is 25.1 Å². The van der Waals surface area contributed by atoms with Crippen LogP contribution in [0.2, 0.25) is 0 Å². The molecule has 8 nitrogen and oxygen atoms in total. The summed E-state index contributed by atoms with van der Waals surface area (Å²) in [7, 11) is 0. The summed E-state index contributed by atoms with van der Waals surface area (Å²) in [5.74, 6) is 0.141. The first-order valence-corrected chi connectivity index (χ1v) is 8.96. The molecule has 0 radical (unpaired) electrons. The van der Waals surface area contributed by atoms with E-state index < -0.39 is 12.2 Å². The van der Waals surface area contributed by atoms with Gasteiger partial charge in [0, 0.05) is 24.8 Å². The molecule has 1 saturated heterocycles. The number of pyridine rings is 1. The van der Waals surface area contributed by atoms with Gasteiger partial charge in [0.15, 0.2) is 0 Å². The molecule has 1 fully saturated rings. The van der Waals surface area contributed by atoms with Gasteiger partial charge < -0.3 is 10.2 Å². The second kappa shape index (κ2) is 7.60. The smallest absolute Gasteiger partial charge is 0.236 e. The van der Waals surface area contributed by atoms with Gasteiger partial charge in [-0.3, -0.25) is 9.78 Å². The number of hydrogen-bond acceptors (Lipinski definition) is 6. The summed E-state index contributed by atoms with van der Waals surface area (Å²) in [6.07, 6.45) is 5.61. The molecule has 2 atom stereocenters. The number of halogens is 1. The summed E-state index contributed by atoms with van der Waals surface area (Å²) in [5.41, 5.74) is 2.33. The number of aromatic nitrogens is 4. The largest absolute Gasteiger partial charge is 0.361 e. The molecular weight excluding hydrogens is 361 g/mol. The third-order valence-corrected chi connectivity index (χ3v) is 4.78. The fraction of sp³-hybridized carbons (Fsp3) is 0.316. The molecular formula is C19H18FN7O. The number of piperidine rings is 1. The molecule has 3 aromatic rings. The van der Waals surface area contributed by atoms with Crippen molar-refractivity contribution in [1.29, 1.82) is 5.26 Å². The number of nitrogens with one attached hydrogen (secondary N) is 1. The number of anilines is 1. The van der Waals surface area contributed by atoms with Crippen LogP contribution in [0.5, 0.6) is 0 Å². The molecule has 2 unspecified atom stereocenters. The van der Waals surface area contributed by atoms with Crippen molar-refractivity contribution in [3.8, 4) is 17.3 Å². The molecule has 1 aliphatic heterocycles. The third kappa shape index (κ3) is 3.49. The SMILES string of the molecule is N#CCC(=O)N1CCC(F)C(Nc2cncc(-c3cnn4ccccc34)n2)C1. The van der Waals surface area contributed by atoms with Gasteiger partial charge in [-0.05, 0) is 18.6 Å². The van der Waals surface area contributed by atoms with Gasteiger partial charge in [0.25, 0.3) is 0 Å². The summed E-state index contributed by atoms with van der Waals surface area (Å²) >= 11 is 0. The summed E-state index contributed by atoms with van der Waals surface area (Å²) in [6.45, 7) is 0.498. The van der Waals surface area contributed by atoms with Crippen LogP contribution in [-0.4, -0.2) is 55.7 Å². The van der Waals surface area contributed by atoms with Gasteiger partial charge in [-0.1, -0.05) is 6.07 Å². The summed E-state index contributed by atoms with van der Waals surface area (Å²) in [4.78, 5) is 22.2. The number of hydrogen-bond donors (Lipinski definition) is 1. The van der Waals surface area contributed by atoms with Crippen molar-refractivity contribution >= 4 is 17.2 Å². The molecule has 3 aromatic heterocycles. The summed E-state index contributed by atoms with van der Waals surface area (Å²) in [6, 6.07) is 6.97. The Morgan fingerprint density at radius 1 is 1.36 bits per heavy atom. The normalized spacial score (nSPS) is 19.4. The van der Waals surface area contributed by atoms with Gasteiger partial charge in [0.05, 0.1) is 41.9 Å². The first kappa shape index (κ1) is 17.9. The molecule has 0 saturated carbocycles. The second-order valence-electron chi connectivity index (χ2n) is 6.61. The molecule has 0 spiro atoms. The van der Waals surface area contributed by atoms with Crippen LogP contribution >= 0.6 is 0 Å². The van der Waals surface area contributed by atoms with E-state index in [1.54, 1.807) is 16.9 Å². The van der Waals surface area contributed by atoms with Crippen molar-refractivity contribution in [3.05, 3.63) is 43.0 Å². The van der Waals surface area contributed by atoms with E-state index >= 15 is 0 Å². The van der Waals surface area contributed by atoms with Gasteiger partial charge in [-0.15, -0.1) is 0 Å². The monoisotopic (exact) mass is 379 g/mol. The zero-order chi connectivity index (χ0) is 19.5. The van der Waals surface area contributed by atoms with Crippen LogP contribution in [-0.2, 0) is 4.79 Å². The molecule has 1 aliphatic rings. The number of nitriles is 1. The Labute approximate surface area is 160 Å². The molecule has 4 rings (SSSR count). The molecule has 4 heterocycles. The van der Waals surface area contributed by atoms with E-state index in [2.05, 4.69) is 20.4 Å². The molecule has 142 valence electrons. The lowest BCUT2D eigenvalue weighted by atomic mass is 10.0. The van der Waals surface area contributed by atoms with Crippen molar-refractivity contribution in [1.82, 2.24) is 24.5 Å². The van der Waals surface area contributed by atoms with Crippen LogP contribution < -0.4 is 5.32 Å². The highest BCUT2D eigenvalue weighted by atomic mass is 19.1. The van der Waals surface area contributed by atoms with Gasteiger partial charge >= 0.3 is 0 Å². The topological polar surface area (TPSA) is 99.2 Å². The van der Waals surface area contributed by atoms with Gasteiger partial charge in [-0.2, -0.15) is 10.4 Å². The Kier molecular flexibility index (Phi) is 4.85. The maximum absolute atomic E-state index is 14.4. The van der Waals surface area contributed by atoms with Crippen LogP contribution in [0.25, 0.3) is 16.8 Å². The zero-order valence-electron chi connectivity index (χ0n) is 15.0. The van der Waals surface area contributed by atoms with Gasteiger partial charge in [-0.25, -0.2) is 13.9 Å². The maximum atomic E-state index is 14.4. The molecule has 0 aromatic carbocycles. The lowest BCUT2D eigenvalue weighted by Crippen LogP contribution is -2.50. The highest BCUT2D eigenvalue weighted by molar-refractivity contribution is 5.79. The Balaban J connectivity index is 1.55. The fourth-order valence-corrected chi connectivity index (χ4v) is 3.35. The highest BCUT2D eigenvalue weighted by Gasteiger charge is 2.31. The first-order chi connectivity index (χ1) is 13.7. The van der Waals surface area contributed by atoms with Crippen molar-refractivity contribution in [3.63, 3.8) is 0 Å². The van der Waals surface area contributed by atoms with E-state index in [-0.39, 0.29) is 25.3 Å². The second-order valence-corrected chi connectivity index (χ2v) is 6.61. The van der Waals surface area contributed by atoms with Crippen LogP contribution in [0.4, 0.5) is 10.2 Å². The van der Waals surface area contributed by atoms with Crippen molar-refractivity contribution in [2.24, 2.45) is 0 Å². The minimum absolute atomic E-state index is 0.185. The summed E-state index contributed by atoms with van der Waals surface area (Å²) in [5, 5.41) is 16.1. The van der Waals surface area contributed by atoms with E-state index in [9.17, 15) is 9.18 Å². The average molecular weight is 379 g/mol. The molecule has 1 N–H and O–H groups in total. The first-order valence-electron chi connectivity index (χ1n) is 8.96. The van der Waals surface area contributed by atoms with Gasteiger partial charge in [0.2, 0.25) is 5.91 Å². The minimum atomic E-state index is -1.12. The number of carbonyl (C=O) groups excluding carboxylic acids is 1. The molecule has 0 aliphatic carbocycles. The van der Waals surface area contributed by atoms with Crippen molar-refractivity contribution in [2.75, 3.05) is 18.4 Å².